The average molecular weight is 463 g/mol. The molecule has 33 heavy (non-hydrogen) atoms. The summed E-state index contributed by atoms with van der Waals surface area (Å²) in [5, 5.41) is 3.40. The molecule has 0 saturated heterocycles. The zero-order valence-corrected chi connectivity index (χ0v) is 19.8. The maximum Gasteiger partial charge on any atom is 0.336 e. The van der Waals surface area contributed by atoms with Gasteiger partial charge in [0, 0.05) is 29.8 Å². The first-order valence-corrected chi connectivity index (χ1v) is 11.9. The van der Waals surface area contributed by atoms with Gasteiger partial charge in [0.25, 0.3) is 0 Å². The van der Waals surface area contributed by atoms with Gasteiger partial charge in [-0.15, -0.1) is 11.3 Å². The number of carbonyl (C=O) groups excluding carboxylic acids is 1. The van der Waals surface area contributed by atoms with Crippen molar-refractivity contribution in [3.8, 4) is 5.75 Å². The molecule has 0 saturated carbocycles. The number of carbonyl (C=O) groups is 1. The van der Waals surface area contributed by atoms with Crippen molar-refractivity contribution < 1.29 is 13.9 Å². The summed E-state index contributed by atoms with van der Waals surface area (Å²) in [6.45, 7) is 5.94. The van der Waals surface area contributed by atoms with Crippen LogP contribution in [0.25, 0.3) is 11.0 Å². The van der Waals surface area contributed by atoms with Gasteiger partial charge in [-0.05, 0) is 48.2 Å². The summed E-state index contributed by atoms with van der Waals surface area (Å²) < 4.78 is 11.3. The summed E-state index contributed by atoms with van der Waals surface area (Å²) in [5.74, 6) is 0.487. The van der Waals surface area contributed by atoms with E-state index in [0.29, 0.717) is 22.2 Å². The second-order valence-electron chi connectivity index (χ2n) is 7.78. The maximum absolute atomic E-state index is 12.3. The van der Waals surface area contributed by atoms with Crippen molar-refractivity contribution in [2.75, 3.05) is 4.90 Å². The number of fused-ring (bicyclic) bond motifs is 1. The Bertz CT molecular complexity index is 1320. The van der Waals surface area contributed by atoms with E-state index in [1.807, 2.05) is 41.8 Å². The van der Waals surface area contributed by atoms with Gasteiger partial charge >= 0.3 is 5.63 Å². The van der Waals surface area contributed by atoms with Crippen LogP contribution in [0.4, 0.5) is 10.8 Å². The number of nitrogens with zero attached hydrogens (tertiary/aromatic N) is 2. The van der Waals surface area contributed by atoms with Crippen molar-refractivity contribution in [3.05, 3.63) is 81.2 Å². The Morgan fingerprint density at radius 2 is 1.91 bits per heavy atom. The lowest BCUT2D eigenvalue weighted by molar-refractivity contribution is -0.115. The number of aromatic nitrogens is 1. The van der Waals surface area contributed by atoms with Crippen LogP contribution >= 0.6 is 11.3 Å². The number of rotatable bonds is 8. The van der Waals surface area contributed by atoms with Crippen LogP contribution in [-0.4, -0.2) is 10.9 Å². The van der Waals surface area contributed by atoms with Crippen LogP contribution in [0.2, 0.25) is 0 Å². The van der Waals surface area contributed by atoms with E-state index in [4.69, 9.17) is 9.15 Å². The van der Waals surface area contributed by atoms with E-state index < -0.39 is 0 Å². The van der Waals surface area contributed by atoms with E-state index in [-0.39, 0.29) is 18.1 Å². The summed E-state index contributed by atoms with van der Waals surface area (Å²) in [6, 6.07) is 15.0. The molecule has 1 amide bonds. The van der Waals surface area contributed by atoms with Crippen LogP contribution in [0.15, 0.2) is 63.1 Å². The van der Waals surface area contributed by atoms with E-state index in [2.05, 4.69) is 18.8 Å². The molecule has 0 N–H and O–H groups in total. The van der Waals surface area contributed by atoms with Gasteiger partial charge in [0.2, 0.25) is 5.91 Å². The van der Waals surface area contributed by atoms with Gasteiger partial charge in [0.15, 0.2) is 5.13 Å². The van der Waals surface area contributed by atoms with Gasteiger partial charge < -0.3 is 9.15 Å². The molecule has 0 spiro atoms. The van der Waals surface area contributed by atoms with Crippen molar-refractivity contribution in [1.82, 2.24) is 4.98 Å². The van der Waals surface area contributed by atoms with Gasteiger partial charge in [0.05, 0.1) is 11.4 Å². The summed E-state index contributed by atoms with van der Waals surface area (Å²) in [4.78, 5) is 30.4. The number of hydrogen-bond acceptors (Lipinski definition) is 6. The van der Waals surface area contributed by atoms with Crippen LogP contribution in [-0.2, 0) is 24.2 Å². The molecular weight excluding hydrogens is 436 g/mol. The molecule has 0 fully saturated rings. The fraction of sp³-hybridized carbons (Fsp3) is 0.269. The molecule has 7 heteroatoms. The first-order valence-electron chi connectivity index (χ1n) is 11.0. The fourth-order valence-electron chi connectivity index (χ4n) is 3.71. The highest BCUT2D eigenvalue weighted by Crippen LogP contribution is 2.30. The summed E-state index contributed by atoms with van der Waals surface area (Å²) >= 11 is 1.39. The Balaban J connectivity index is 1.51. The van der Waals surface area contributed by atoms with Crippen molar-refractivity contribution in [2.45, 2.75) is 46.6 Å². The second-order valence-corrected chi connectivity index (χ2v) is 8.62. The number of aryl methyl sites for hydroxylation is 2. The number of ether oxygens (including phenoxy) is 1. The number of thiazole rings is 1. The van der Waals surface area contributed by atoms with Crippen LogP contribution in [0.3, 0.4) is 0 Å². The molecule has 0 aliphatic heterocycles. The van der Waals surface area contributed by atoms with Crippen LogP contribution in [0.1, 0.15) is 44.0 Å². The molecule has 170 valence electrons. The van der Waals surface area contributed by atoms with Crippen LogP contribution in [0.5, 0.6) is 5.75 Å². The Morgan fingerprint density at radius 1 is 1.12 bits per heavy atom. The molecular formula is C26H26N2O4S. The molecule has 0 radical (unpaired) electrons. The smallest absolute Gasteiger partial charge is 0.336 e. The van der Waals surface area contributed by atoms with E-state index in [1.54, 1.807) is 17.0 Å². The molecule has 6 nitrogen and oxygen atoms in total. The highest BCUT2D eigenvalue weighted by atomic mass is 32.1. The topological polar surface area (TPSA) is 72.6 Å². The van der Waals surface area contributed by atoms with Gasteiger partial charge in [-0.1, -0.05) is 32.4 Å². The summed E-state index contributed by atoms with van der Waals surface area (Å²) in [6.07, 6.45) is 2.71. The Hall–Kier alpha value is -3.45. The molecule has 4 rings (SSSR count). The first kappa shape index (κ1) is 22.7. The van der Waals surface area contributed by atoms with Crippen molar-refractivity contribution in [1.29, 1.82) is 0 Å². The Labute approximate surface area is 196 Å². The highest BCUT2D eigenvalue weighted by molar-refractivity contribution is 7.14. The molecule has 4 aromatic rings. The highest BCUT2D eigenvalue weighted by Gasteiger charge is 2.18. The number of hydrogen-bond donors (Lipinski definition) is 0. The molecule has 0 atom stereocenters. The fourth-order valence-corrected chi connectivity index (χ4v) is 4.58. The Morgan fingerprint density at radius 3 is 2.61 bits per heavy atom. The molecule has 0 unspecified atom stereocenters. The third-order valence-corrected chi connectivity index (χ3v) is 6.23. The second kappa shape index (κ2) is 10.0. The Kier molecular flexibility index (Phi) is 6.89. The minimum atomic E-state index is -0.358. The quantitative estimate of drug-likeness (QED) is 0.299. The number of amides is 1. The van der Waals surface area contributed by atoms with Crippen molar-refractivity contribution >= 4 is 39.0 Å². The predicted octanol–water partition coefficient (Wildman–Crippen LogP) is 6.03. The van der Waals surface area contributed by atoms with Crippen LogP contribution in [0, 0.1) is 0 Å². The predicted molar refractivity (Wildman–Crippen MR) is 132 cm³/mol. The molecule has 0 aliphatic carbocycles. The molecule has 2 heterocycles. The van der Waals surface area contributed by atoms with Crippen molar-refractivity contribution in [2.24, 2.45) is 0 Å². The van der Waals surface area contributed by atoms with E-state index in [1.165, 1.54) is 23.8 Å². The lowest BCUT2D eigenvalue weighted by atomic mass is 10.1. The average Bonchev–Trinajstić information content (AvgIpc) is 3.26. The standard InChI is InChI=1S/C26H26N2O4S/c1-4-6-19-13-25(30)32-24-14-22(11-12-23(19)24)31-15-20-16-33-26(27-20)28(17(3)29)21-9-7-18(5-2)8-10-21/h7-14,16H,4-6,15H2,1-3H3. The lowest BCUT2D eigenvalue weighted by Gasteiger charge is -2.18. The van der Waals surface area contributed by atoms with Gasteiger partial charge in [-0.3, -0.25) is 9.69 Å². The van der Waals surface area contributed by atoms with Gasteiger partial charge in [-0.2, -0.15) is 0 Å². The van der Waals surface area contributed by atoms with Gasteiger partial charge in [-0.25, -0.2) is 9.78 Å². The minimum Gasteiger partial charge on any atom is -0.487 e. The third-order valence-electron chi connectivity index (χ3n) is 5.36. The molecule has 2 aromatic heterocycles. The van der Waals surface area contributed by atoms with E-state index in [0.717, 1.165) is 35.9 Å². The number of benzene rings is 2. The zero-order chi connectivity index (χ0) is 23.4. The molecule has 0 bridgehead atoms. The normalized spacial score (nSPS) is 11.0. The van der Waals surface area contributed by atoms with E-state index in [9.17, 15) is 9.59 Å². The summed E-state index contributed by atoms with van der Waals surface area (Å²) in [7, 11) is 0. The van der Waals surface area contributed by atoms with E-state index >= 15 is 0 Å². The SMILES string of the molecule is CCCc1cc(=O)oc2cc(OCc3csc(N(C(C)=O)c4ccc(CC)cc4)n3)ccc12. The maximum atomic E-state index is 12.3. The largest absolute Gasteiger partial charge is 0.487 e. The monoisotopic (exact) mass is 462 g/mol. The summed E-state index contributed by atoms with van der Waals surface area (Å²) in [5.41, 5.74) is 3.85. The molecule has 2 aromatic carbocycles. The van der Waals surface area contributed by atoms with Crippen molar-refractivity contribution in [3.63, 3.8) is 0 Å². The molecule has 0 aliphatic rings. The third kappa shape index (κ3) is 5.14. The number of anilines is 2. The van der Waals surface area contributed by atoms with Crippen LogP contribution < -0.4 is 15.3 Å². The van der Waals surface area contributed by atoms with Gasteiger partial charge in [0.1, 0.15) is 17.9 Å². The lowest BCUT2D eigenvalue weighted by Crippen LogP contribution is -2.22. The minimum absolute atomic E-state index is 0.103. The first-order chi connectivity index (χ1) is 16.0. The zero-order valence-electron chi connectivity index (χ0n) is 19.0.